The van der Waals surface area contributed by atoms with Gasteiger partial charge in [-0.2, -0.15) is 0 Å². The van der Waals surface area contributed by atoms with Crippen LogP contribution in [0.2, 0.25) is 0 Å². The lowest BCUT2D eigenvalue weighted by atomic mass is 10.1. The molecule has 1 aliphatic rings. The third kappa shape index (κ3) is 3.91. The highest BCUT2D eigenvalue weighted by Gasteiger charge is 2.17. The van der Waals surface area contributed by atoms with Gasteiger partial charge in [0.15, 0.2) is 0 Å². The number of urea groups is 1. The van der Waals surface area contributed by atoms with E-state index in [1.165, 1.54) is 0 Å². The zero-order valence-corrected chi connectivity index (χ0v) is 9.36. The summed E-state index contributed by atoms with van der Waals surface area (Å²) in [4.78, 5) is 11.5. The minimum atomic E-state index is -0.142. The zero-order valence-electron chi connectivity index (χ0n) is 9.36. The van der Waals surface area contributed by atoms with E-state index in [-0.39, 0.29) is 30.6 Å². The highest BCUT2D eigenvalue weighted by Crippen LogP contribution is 2.09. The first-order valence-electron chi connectivity index (χ1n) is 5.46. The van der Waals surface area contributed by atoms with Gasteiger partial charge in [-0.15, -0.1) is 0 Å². The molecule has 2 amide bonds. The van der Waals surface area contributed by atoms with Gasteiger partial charge in [0.05, 0.1) is 0 Å². The Morgan fingerprint density at radius 1 is 1.47 bits per heavy atom. The molecule has 2 unspecified atom stereocenters. The third-order valence-corrected chi connectivity index (χ3v) is 2.84. The van der Waals surface area contributed by atoms with Gasteiger partial charge >= 0.3 is 6.03 Å². The lowest BCUT2D eigenvalue weighted by molar-refractivity contribution is 0.199. The Kier molecular flexibility index (Phi) is 4.62. The number of carbonyl (C=O) groups excluding carboxylic acids is 1. The van der Waals surface area contributed by atoms with E-state index in [9.17, 15) is 4.79 Å². The fourth-order valence-corrected chi connectivity index (χ4v) is 1.47. The van der Waals surface area contributed by atoms with Crippen LogP contribution in [0.1, 0.15) is 26.7 Å². The Bertz CT molecular complexity index is 233. The van der Waals surface area contributed by atoms with Crippen molar-refractivity contribution in [1.82, 2.24) is 10.6 Å². The zero-order chi connectivity index (χ0) is 11.3. The largest absolute Gasteiger partial charge is 0.396 e. The van der Waals surface area contributed by atoms with Crippen molar-refractivity contribution in [3.8, 4) is 0 Å². The summed E-state index contributed by atoms with van der Waals surface area (Å²) in [7, 11) is 0. The van der Waals surface area contributed by atoms with Crippen LogP contribution in [0.15, 0.2) is 12.2 Å². The fraction of sp³-hybridized carbons (Fsp3) is 0.727. The van der Waals surface area contributed by atoms with E-state index in [1.54, 1.807) is 0 Å². The van der Waals surface area contributed by atoms with Crippen LogP contribution in [-0.2, 0) is 0 Å². The van der Waals surface area contributed by atoms with Crippen molar-refractivity contribution in [2.45, 2.75) is 38.8 Å². The number of aliphatic hydroxyl groups excluding tert-OH is 1. The van der Waals surface area contributed by atoms with Crippen LogP contribution < -0.4 is 10.6 Å². The van der Waals surface area contributed by atoms with Crippen LogP contribution in [0, 0.1) is 5.92 Å². The lowest BCUT2D eigenvalue weighted by Crippen LogP contribution is -2.47. The maximum atomic E-state index is 11.5. The van der Waals surface area contributed by atoms with Crippen LogP contribution in [0.3, 0.4) is 0 Å². The smallest absolute Gasteiger partial charge is 0.315 e. The van der Waals surface area contributed by atoms with Crippen molar-refractivity contribution in [3.05, 3.63) is 12.2 Å². The van der Waals surface area contributed by atoms with E-state index in [4.69, 9.17) is 5.11 Å². The minimum absolute atomic E-state index is 0.00985. The van der Waals surface area contributed by atoms with Gasteiger partial charge in [-0.1, -0.05) is 19.1 Å². The van der Waals surface area contributed by atoms with Gasteiger partial charge < -0.3 is 15.7 Å². The first-order chi connectivity index (χ1) is 7.13. The fourth-order valence-electron chi connectivity index (χ4n) is 1.47. The van der Waals surface area contributed by atoms with Crippen molar-refractivity contribution >= 4 is 6.03 Å². The predicted octanol–water partition coefficient (Wildman–Crippen LogP) is 1.02. The first kappa shape index (κ1) is 12.0. The molecule has 3 N–H and O–H groups in total. The molecule has 1 aliphatic carbocycles. The maximum absolute atomic E-state index is 11.5. The second-order valence-corrected chi connectivity index (χ2v) is 4.21. The molecule has 15 heavy (non-hydrogen) atoms. The Morgan fingerprint density at radius 2 is 2.07 bits per heavy atom. The van der Waals surface area contributed by atoms with Crippen LogP contribution in [0.25, 0.3) is 0 Å². The van der Waals surface area contributed by atoms with Crippen molar-refractivity contribution < 1.29 is 9.90 Å². The van der Waals surface area contributed by atoms with Gasteiger partial charge in [0.1, 0.15) is 0 Å². The van der Waals surface area contributed by atoms with Gasteiger partial charge in [-0.3, -0.25) is 0 Å². The molecule has 2 atom stereocenters. The Labute approximate surface area is 90.7 Å². The van der Waals surface area contributed by atoms with E-state index in [2.05, 4.69) is 22.8 Å². The molecule has 0 heterocycles. The average Bonchev–Trinajstić information content (AvgIpc) is 2.68. The Balaban J connectivity index is 2.23. The van der Waals surface area contributed by atoms with Crippen LogP contribution in [-0.4, -0.2) is 29.8 Å². The highest BCUT2D eigenvalue weighted by atomic mass is 16.3. The van der Waals surface area contributed by atoms with Crippen molar-refractivity contribution in [2.75, 3.05) is 6.61 Å². The molecule has 0 saturated carbocycles. The molecule has 0 fully saturated rings. The number of hydrogen-bond donors (Lipinski definition) is 3. The molecule has 0 radical (unpaired) electrons. The number of amides is 2. The van der Waals surface area contributed by atoms with Gasteiger partial charge in [0.25, 0.3) is 0 Å². The molecule has 4 nitrogen and oxygen atoms in total. The standard InChI is InChI=1S/C11H20N2O2/c1-8(7-14)9(2)12-11(15)13-10-5-3-4-6-10/h3-4,8-10,14H,5-7H2,1-2H3,(H2,12,13,15). The molecule has 0 aliphatic heterocycles. The minimum Gasteiger partial charge on any atom is -0.396 e. The van der Waals surface area contributed by atoms with Crippen LogP contribution in [0.5, 0.6) is 0 Å². The van der Waals surface area contributed by atoms with Gasteiger partial charge in [0, 0.05) is 18.7 Å². The molecule has 86 valence electrons. The summed E-state index contributed by atoms with van der Waals surface area (Å²) in [6.45, 7) is 3.89. The molecule has 0 aromatic rings. The lowest BCUT2D eigenvalue weighted by Gasteiger charge is -2.21. The van der Waals surface area contributed by atoms with Gasteiger partial charge in [-0.05, 0) is 25.7 Å². The van der Waals surface area contributed by atoms with E-state index >= 15 is 0 Å². The summed E-state index contributed by atoms with van der Waals surface area (Å²) in [6.07, 6.45) is 5.98. The van der Waals surface area contributed by atoms with Crippen LogP contribution in [0.4, 0.5) is 4.79 Å². The number of hydrogen-bond acceptors (Lipinski definition) is 2. The van der Waals surface area contributed by atoms with Crippen molar-refractivity contribution in [2.24, 2.45) is 5.92 Å². The van der Waals surface area contributed by atoms with Gasteiger partial charge in [0.2, 0.25) is 0 Å². The summed E-state index contributed by atoms with van der Waals surface area (Å²) < 4.78 is 0. The molecule has 0 saturated heterocycles. The second-order valence-electron chi connectivity index (χ2n) is 4.21. The molecule has 4 heteroatoms. The summed E-state index contributed by atoms with van der Waals surface area (Å²) in [5.74, 6) is 0.0810. The predicted molar refractivity (Wildman–Crippen MR) is 59.5 cm³/mol. The molecule has 0 aromatic carbocycles. The van der Waals surface area contributed by atoms with E-state index < -0.39 is 0 Å². The second kappa shape index (κ2) is 5.75. The molecule has 0 spiro atoms. The molecule has 0 bridgehead atoms. The average molecular weight is 212 g/mol. The van der Waals surface area contributed by atoms with E-state index in [0.29, 0.717) is 0 Å². The molecular weight excluding hydrogens is 192 g/mol. The number of nitrogens with one attached hydrogen (secondary N) is 2. The molecular formula is C11H20N2O2. The Morgan fingerprint density at radius 3 is 2.60 bits per heavy atom. The summed E-state index contributed by atoms with van der Waals surface area (Å²) >= 11 is 0. The van der Waals surface area contributed by atoms with Crippen molar-refractivity contribution in [1.29, 1.82) is 0 Å². The van der Waals surface area contributed by atoms with Crippen LogP contribution >= 0.6 is 0 Å². The monoisotopic (exact) mass is 212 g/mol. The highest BCUT2D eigenvalue weighted by molar-refractivity contribution is 5.74. The topological polar surface area (TPSA) is 61.4 Å². The molecule has 1 rings (SSSR count). The van der Waals surface area contributed by atoms with E-state index in [1.807, 2.05) is 13.8 Å². The van der Waals surface area contributed by atoms with Gasteiger partial charge in [-0.25, -0.2) is 4.79 Å². The van der Waals surface area contributed by atoms with Crippen molar-refractivity contribution in [3.63, 3.8) is 0 Å². The maximum Gasteiger partial charge on any atom is 0.315 e. The summed E-state index contributed by atoms with van der Waals surface area (Å²) in [5, 5.41) is 14.6. The normalized spacial score (nSPS) is 19.9. The summed E-state index contributed by atoms with van der Waals surface area (Å²) in [5.41, 5.74) is 0. The quantitative estimate of drug-likeness (QED) is 0.609. The number of carbonyl (C=O) groups is 1. The summed E-state index contributed by atoms with van der Waals surface area (Å²) in [6, 6.07) is 0.0856. The SMILES string of the molecule is CC(CO)C(C)NC(=O)NC1CC=CC1. The number of rotatable bonds is 4. The van der Waals surface area contributed by atoms with E-state index in [0.717, 1.165) is 12.8 Å². The first-order valence-corrected chi connectivity index (χ1v) is 5.46. The number of aliphatic hydroxyl groups is 1. The molecule has 0 aromatic heterocycles. The third-order valence-electron chi connectivity index (χ3n) is 2.84. The Hall–Kier alpha value is -1.03.